The zero-order valence-corrected chi connectivity index (χ0v) is 17.9. The van der Waals surface area contributed by atoms with Crippen molar-refractivity contribution in [1.29, 1.82) is 0 Å². The first-order valence-electron chi connectivity index (χ1n) is 8.07. The number of benzene rings is 1. The molecule has 1 heterocycles. The van der Waals surface area contributed by atoms with Crippen molar-refractivity contribution in [3.63, 3.8) is 0 Å². The molecule has 130 valence electrons. The number of likely N-dealkylation sites (tertiary alicyclic amines) is 1. The minimum Gasteiger partial charge on any atom is -0.453 e. The standard InChI is InChI=1S/C19H27N2O2.W/c1-14-8-9-18(16(3)11-14)20(4)10-6-7-17-12-15(2)13-21(17)19(22)23-5;/h6-9,11,15,17H,1,10,12-13H2,2-5H3;/q-1;+2/b7-6+;. The zero-order valence-electron chi connectivity index (χ0n) is 15.0. The topological polar surface area (TPSA) is 32.8 Å². The molecule has 1 amide bonds. The molecule has 1 aliphatic rings. The maximum absolute atomic E-state index is 11.8. The predicted octanol–water partition coefficient (Wildman–Crippen LogP) is 3.64. The molecule has 2 atom stereocenters. The molecule has 1 aliphatic heterocycles. The molecule has 1 fully saturated rings. The molecule has 1 aromatic rings. The SMILES string of the molecule is [CH2-]c1ccc(N(C)C/C=C/C2CC(C)CN2C(=O)OC)c(C)c1.[W+2]. The fraction of sp³-hybridized carbons (Fsp3) is 0.474. The summed E-state index contributed by atoms with van der Waals surface area (Å²) in [5.74, 6) is 0.508. The predicted molar refractivity (Wildman–Crippen MR) is 94.7 cm³/mol. The van der Waals surface area contributed by atoms with E-state index in [0.29, 0.717) is 5.92 Å². The van der Waals surface area contributed by atoms with Crippen molar-refractivity contribution < 1.29 is 30.6 Å². The van der Waals surface area contributed by atoms with Crippen LogP contribution in [0.3, 0.4) is 0 Å². The van der Waals surface area contributed by atoms with Crippen molar-refractivity contribution in [2.75, 3.05) is 32.1 Å². The van der Waals surface area contributed by atoms with E-state index in [1.165, 1.54) is 18.4 Å². The van der Waals surface area contributed by atoms with Crippen LogP contribution in [0.15, 0.2) is 30.4 Å². The van der Waals surface area contributed by atoms with Gasteiger partial charge in [0.15, 0.2) is 0 Å². The van der Waals surface area contributed by atoms with Gasteiger partial charge in [-0.2, -0.15) is 24.6 Å². The van der Waals surface area contributed by atoms with E-state index in [4.69, 9.17) is 4.74 Å². The van der Waals surface area contributed by atoms with E-state index in [-0.39, 0.29) is 33.2 Å². The van der Waals surface area contributed by atoms with Gasteiger partial charge in [0.25, 0.3) is 0 Å². The maximum Gasteiger partial charge on any atom is 2.00 e. The number of hydrogen-bond donors (Lipinski definition) is 0. The van der Waals surface area contributed by atoms with Crippen molar-refractivity contribution >= 4 is 11.8 Å². The van der Waals surface area contributed by atoms with E-state index in [1.54, 1.807) is 0 Å². The number of hydrogen-bond acceptors (Lipinski definition) is 3. The summed E-state index contributed by atoms with van der Waals surface area (Å²) >= 11 is 0. The van der Waals surface area contributed by atoms with Crippen LogP contribution in [0.2, 0.25) is 0 Å². The summed E-state index contributed by atoms with van der Waals surface area (Å²) in [5.41, 5.74) is 3.45. The summed E-state index contributed by atoms with van der Waals surface area (Å²) in [6.45, 7) is 9.79. The van der Waals surface area contributed by atoms with Gasteiger partial charge in [-0.25, -0.2) is 4.79 Å². The molecule has 5 heteroatoms. The monoisotopic (exact) mass is 499 g/mol. The van der Waals surface area contributed by atoms with Gasteiger partial charge in [0.1, 0.15) is 0 Å². The number of likely N-dealkylation sites (N-methyl/N-ethyl adjacent to an activating group) is 1. The Labute approximate surface area is 160 Å². The van der Waals surface area contributed by atoms with E-state index in [9.17, 15) is 4.79 Å². The second-order valence-corrected chi connectivity index (χ2v) is 6.46. The van der Waals surface area contributed by atoms with Crippen LogP contribution in [0, 0.1) is 19.8 Å². The van der Waals surface area contributed by atoms with Crippen LogP contribution in [-0.2, 0) is 25.8 Å². The number of ether oxygens (including phenoxy) is 1. The van der Waals surface area contributed by atoms with Crippen molar-refractivity contribution in [2.24, 2.45) is 5.92 Å². The Morgan fingerprint density at radius 3 is 2.83 bits per heavy atom. The number of aryl methyl sites for hydroxylation is 1. The van der Waals surface area contributed by atoms with Crippen molar-refractivity contribution in [2.45, 2.75) is 26.3 Å². The number of carbonyl (C=O) groups excluding carboxylic acids is 1. The van der Waals surface area contributed by atoms with Gasteiger partial charge in [-0.05, 0) is 19.3 Å². The normalized spacial score (nSPS) is 20.1. The fourth-order valence-electron chi connectivity index (χ4n) is 3.22. The summed E-state index contributed by atoms with van der Waals surface area (Å²) in [7, 11) is 3.51. The molecule has 0 aliphatic carbocycles. The molecule has 0 saturated carbocycles. The van der Waals surface area contributed by atoms with Gasteiger partial charge in [0.2, 0.25) is 0 Å². The summed E-state index contributed by atoms with van der Waals surface area (Å²) in [6, 6.07) is 6.35. The molecule has 2 rings (SSSR count). The molecular weight excluding hydrogens is 472 g/mol. The number of rotatable bonds is 4. The van der Waals surface area contributed by atoms with E-state index >= 15 is 0 Å². The Balaban J connectivity index is 0.00000288. The van der Waals surface area contributed by atoms with Crippen LogP contribution in [0.25, 0.3) is 0 Å². The number of methoxy groups -OCH3 is 1. The van der Waals surface area contributed by atoms with E-state index in [1.807, 2.05) is 11.0 Å². The van der Waals surface area contributed by atoms with E-state index < -0.39 is 0 Å². The van der Waals surface area contributed by atoms with Crippen molar-refractivity contribution in [3.8, 4) is 0 Å². The summed E-state index contributed by atoms with van der Waals surface area (Å²) in [5, 5.41) is 0. The Bertz CT molecular complexity index is 589. The fourth-order valence-corrected chi connectivity index (χ4v) is 3.22. The third-order valence-electron chi connectivity index (χ3n) is 4.37. The first-order valence-corrected chi connectivity index (χ1v) is 8.07. The summed E-state index contributed by atoms with van der Waals surface area (Å²) in [6.07, 6.45) is 5.02. The van der Waals surface area contributed by atoms with Crippen LogP contribution in [-0.4, -0.2) is 44.3 Å². The van der Waals surface area contributed by atoms with Gasteiger partial charge in [-0.1, -0.05) is 30.7 Å². The van der Waals surface area contributed by atoms with Crippen LogP contribution in [0.5, 0.6) is 0 Å². The average molecular weight is 499 g/mol. The van der Waals surface area contributed by atoms with Gasteiger partial charge < -0.3 is 14.5 Å². The molecule has 0 N–H and O–H groups in total. The van der Waals surface area contributed by atoms with Gasteiger partial charge in [0, 0.05) is 25.8 Å². The second-order valence-electron chi connectivity index (χ2n) is 6.46. The summed E-state index contributed by atoms with van der Waals surface area (Å²) < 4.78 is 4.87. The molecule has 24 heavy (non-hydrogen) atoms. The maximum atomic E-state index is 11.8. The quantitative estimate of drug-likeness (QED) is 0.469. The second kappa shape index (κ2) is 9.17. The van der Waals surface area contributed by atoms with Gasteiger partial charge in [-0.15, -0.1) is 0 Å². The van der Waals surface area contributed by atoms with Gasteiger partial charge in [-0.3, -0.25) is 0 Å². The molecule has 1 aromatic carbocycles. The van der Waals surface area contributed by atoms with Gasteiger partial charge >= 0.3 is 27.2 Å². The van der Waals surface area contributed by atoms with Gasteiger partial charge in [0.05, 0.1) is 13.2 Å². The Kier molecular flexibility index (Phi) is 7.88. The van der Waals surface area contributed by atoms with Crippen molar-refractivity contribution in [1.82, 2.24) is 4.90 Å². The van der Waals surface area contributed by atoms with E-state index in [0.717, 1.165) is 25.1 Å². The van der Waals surface area contributed by atoms with Crippen LogP contribution >= 0.6 is 0 Å². The Hall–Kier alpha value is -1.41. The zero-order chi connectivity index (χ0) is 17.0. The van der Waals surface area contributed by atoms with Crippen LogP contribution in [0.1, 0.15) is 24.5 Å². The average Bonchev–Trinajstić information content (AvgIpc) is 2.87. The number of carbonyl (C=O) groups is 1. The van der Waals surface area contributed by atoms with E-state index in [2.05, 4.69) is 57.0 Å². The molecule has 2 unspecified atom stereocenters. The van der Waals surface area contributed by atoms with Crippen LogP contribution < -0.4 is 4.90 Å². The Morgan fingerprint density at radius 2 is 2.21 bits per heavy atom. The first-order chi connectivity index (χ1) is 10.9. The molecular formula is C19H27N2O2W+. The largest absolute Gasteiger partial charge is 2.00 e. The molecule has 0 aromatic heterocycles. The minimum absolute atomic E-state index is 0. The molecule has 0 spiro atoms. The molecule has 0 radical (unpaired) electrons. The number of nitrogens with zero attached hydrogens (tertiary/aromatic N) is 2. The van der Waals surface area contributed by atoms with Crippen molar-refractivity contribution in [3.05, 3.63) is 48.4 Å². The Morgan fingerprint density at radius 1 is 1.50 bits per heavy atom. The smallest absolute Gasteiger partial charge is 0.453 e. The third kappa shape index (κ3) is 5.04. The third-order valence-corrected chi connectivity index (χ3v) is 4.37. The minimum atomic E-state index is -0.237. The van der Waals surface area contributed by atoms with Crippen LogP contribution in [0.4, 0.5) is 10.5 Å². The molecule has 4 nitrogen and oxygen atoms in total. The number of amides is 1. The summed E-state index contributed by atoms with van der Waals surface area (Å²) in [4.78, 5) is 15.8. The number of anilines is 1. The molecule has 1 saturated heterocycles. The molecule has 0 bridgehead atoms. The first kappa shape index (κ1) is 20.6.